The second kappa shape index (κ2) is 5.72. The van der Waals surface area contributed by atoms with Gasteiger partial charge in [-0.1, -0.05) is 31.0 Å². The first-order valence-corrected chi connectivity index (χ1v) is 6.86. The number of nitrogens with zero attached hydrogens (tertiary/aromatic N) is 1. The van der Waals surface area contributed by atoms with Crippen molar-refractivity contribution in [3.8, 4) is 0 Å². The van der Waals surface area contributed by atoms with Crippen LogP contribution in [-0.2, 0) is 6.54 Å². The maximum Gasteiger partial charge on any atom is 0.0359 e. The summed E-state index contributed by atoms with van der Waals surface area (Å²) in [5, 5.41) is 3.58. The third kappa shape index (κ3) is 2.85. The lowest BCUT2D eigenvalue weighted by atomic mass is 9.96. The second-order valence-electron chi connectivity index (χ2n) is 5.63. The van der Waals surface area contributed by atoms with E-state index in [0.717, 1.165) is 18.8 Å². The molecule has 1 aliphatic rings. The number of hydrogen-bond donors (Lipinski definition) is 2. The van der Waals surface area contributed by atoms with Gasteiger partial charge in [0.25, 0.3) is 0 Å². The van der Waals surface area contributed by atoms with Gasteiger partial charge in [0.15, 0.2) is 0 Å². The monoisotopic (exact) mass is 247 g/mol. The fraction of sp³-hybridized carbons (Fsp3) is 0.600. The Bertz CT molecular complexity index is 381. The number of benzene rings is 1. The lowest BCUT2D eigenvalue weighted by Crippen LogP contribution is -2.49. The average molecular weight is 247 g/mol. The van der Waals surface area contributed by atoms with Crippen LogP contribution in [0, 0.1) is 0 Å². The van der Waals surface area contributed by atoms with Gasteiger partial charge >= 0.3 is 0 Å². The number of para-hydroxylation sites is 1. The molecule has 0 amide bonds. The third-order valence-electron chi connectivity index (χ3n) is 4.31. The van der Waals surface area contributed by atoms with Crippen molar-refractivity contribution in [1.29, 1.82) is 0 Å². The fourth-order valence-electron chi connectivity index (χ4n) is 2.94. The summed E-state index contributed by atoms with van der Waals surface area (Å²) in [6.45, 7) is 1.91. The molecule has 1 fully saturated rings. The topological polar surface area (TPSA) is 41.3 Å². The van der Waals surface area contributed by atoms with Crippen LogP contribution in [0.3, 0.4) is 0 Å². The van der Waals surface area contributed by atoms with Gasteiger partial charge in [0, 0.05) is 24.3 Å². The molecule has 0 atom stereocenters. The highest BCUT2D eigenvalue weighted by Crippen LogP contribution is 2.33. The van der Waals surface area contributed by atoms with Crippen molar-refractivity contribution in [2.75, 3.05) is 26.4 Å². The molecule has 3 heteroatoms. The van der Waals surface area contributed by atoms with Crippen molar-refractivity contribution in [1.82, 2.24) is 10.2 Å². The molecule has 18 heavy (non-hydrogen) atoms. The van der Waals surface area contributed by atoms with Crippen molar-refractivity contribution < 1.29 is 0 Å². The van der Waals surface area contributed by atoms with Crippen LogP contribution >= 0.6 is 0 Å². The average Bonchev–Trinajstić information content (AvgIpc) is 2.82. The van der Waals surface area contributed by atoms with Crippen LogP contribution in [-0.4, -0.2) is 31.1 Å². The van der Waals surface area contributed by atoms with E-state index in [4.69, 9.17) is 5.73 Å². The zero-order valence-electron chi connectivity index (χ0n) is 11.6. The van der Waals surface area contributed by atoms with E-state index < -0.39 is 0 Å². The van der Waals surface area contributed by atoms with Crippen LogP contribution in [0.15, 0.2) is 24.3 Å². The zero-order valence-corrected chi connectivity index (χ0v) is 11.6. The van der Waals surface area contributed by atoms with Crippen LogP contribution in [0.25, 0.3) is 0 Å². The van der Waals surface area contributed by atoms with Crippen molar-refractivity contribution in [3.05, 3.63) is 29.8 Å². The number of hydrogen-bond acceptors (Lipinski definition) is 3. The summed E-state index contributed by atoms with van der Waals surface area (Å²) in [5.74, 6) is 0. The van der Waals surface area contributed by atoms with E-state index >= 15 is 0 Å². The van der Waals surface area contributed by atoms with Gasteiger partial charge in [0.05, 0.1) is 0 Å². The molecule has 100 valence electrons. The van der Waals surface area contributed by atoms with Gasteiger partial charge in [-0.2, -0.15) is 0 Å². The fourth-order valence-corrected chi connectivity index (χ4v) is 2.94. The van der Waals surface area contributed by atoms with E-state index in [1.165, 1.54) is 31.2 Å². The van der Waals surface area contributed by atoms with Crippen molar-refractivity contribution >= 4 is 5.69 Å². The van der Waals surface area contributed by atoms with Crippen molar-refractivity contribution in [2.24, 2.45) is 0 Å². The molecule has 0 heterocycles. The summed E-state index contributed by atoms with van der Waals surface area (Å²) in [6, 6.07) is 8.09. The smallest absolute Gasteiger partial charge is 0.0359 e. The van der Waals surface area contributed by atoms with Crippen LogP contribution in [0.2, 0.25) is 0 Å². The highest BCUT2D eigenvalue weighted by atomic mass is 15.2. The number of nitrogens with two attached hydrogens (primary N) is 1. The van der Waals surface area contributed by atoms with Crippen LogP contribution < -0.4 is 11.1 Å². The first-order chi connectivity index (χ1) is 8.64. The Kier molecular flexibility index (Phi) is 4.25. The Morgan fingerprint density at radius 3 is 2.50 bits per heavy atom. The van der Waals surface area contributed by atoms with Gasteiger partial charge in [-0.3, -0.25) is 0 Å². The normalized spacial score (nSPS) is 18.4. The molecule has 0 saturated heterocycles. The molecule has 0 aromatic heterocycles. The van der Waals surface area contributed by atoms with Gasteiger partial charge in [0.2, 0.25) is 0 Å². The molecule has 2 rings (SSSR count). The molecule has 0 bridgehead atoms. The largest absolute Gasteiger partial charge is 0.398 e. The quantitative estimate of drug-likeness (QED) is 0.784. The third-order valence-corrected chi connectivity index (χ3v) is 4.31. The number of likely N-dealkylation sites (N-methyl/N-ethyl adjacent to an activating group) is 1. The van der Waals surface area contributed by atoms with Crippen molar-refractivity contribution in [2.45, 2.75) is 37.8 Å². The molecule has 0 aliphatic heterocycles. The molecule has 1 saturated carbocycles. The molecule has 1 aromatic rings. The molecule has 1 aromatic carbocycles. The number of anilines is 1. The van der Waals surface area contributed by atoms with E-state index in [-0.39, 0.29) is 0 Å². The first kappa shape index (κ1) is 13.4. The summed E-state index contributed by atoms with van der Waals surface area (Å²) in [4.78, 5) is 2.39. The lowest BCUT2D eigenvalue weighted by Gasteiger charge is -2.36. The predicted octanol–water partition coefficient (Wildman–Crippen LogP) is 2.23. The minimum absolute atomic E-state index is 0.351. The Balaban J connectivity index is 1.90. The van der Waals surface area contributed by atoms with E-state index in [0.29, 0.717) is 5.54 Å². The molecule has 1 aliphatic carbocycles. The Hall–Kier alpha value is -1.06. The second-order valence-corrected chi connectivity index (χ2v) is 5.63. The molecule has 0 spiro atoms. The Morgan fingerprint density at radius 2 is 1.89 bits per heavy atom. The molecular formula is C15H25N3. The van der Waals surface area contributed by atoms with Crippen LogP contribution in [0.4, 0.5) is 5.69 Å². The maximum absolute atomic E-state index is 5.96. The minimum Gasteiger partial charge on any atom is -0.398 e. The molecule has 0 radical (unpaired) electrons. The molecular weight excluding hydrogens is 222 g/mol. The number of rotatable bonds is 5. The number of nitrogens with one attached hydrogen (secondary N) is 1. The molecule has 3 nitrogen and oxygen atoms in total. The van der Waals surface area contributed by atoms with Gasteiger partial charge < -0.3 is 16.0 Å². The van der Waals surface area contributed by atoms with Crippen molar-refractivity contribution in [3.63, 3.8) is 0 Å². The first-order valence-electron chi connectivity index (χ1n) is 6.86. The SMILES string of the molecule is CN(C)C1(CNCc2ccccc2N)CCCC1. The highest BCUT2D eigenvalue weighted by Gasteiger charge is 2.35. The van der Waals surface area contributed by atoms with E-state index in [1.54, 1.807) is 0 Å². The number of nitrogen functional groups attached to an aromatic ring is 1. The van der Waals surface area contributed by atoms with Gasteiger partial charge in [0.1, 0.15) is 0 Å². The summed E-state index contributed by atoms with van der Waals surface area (Å²) in [6.07, 6.45) is 5.31. The highest BCUT2D eigenvalue weighted by molar-refractivity contribution is 5.46. The lowest BCUT2D eigenvalue weighted by molar-refractivity contribution is 0.153. The summed E-state index contributed by atoms with van der Waals surface area (Å²) in [5.41, 5.74) is 8.39. The zero-order chi connectivity index (χ0) is 13.0. The molecule has 0 unspecified atom stereocenters. The Morgan fingerprint density at radius 1 is 1.22 bits per heavy atom. The molecule has 3 N–H and O–H groups in total. The van der Waals surface area contributed by atoms with E-state index in [2.05, 4.69) is 30.4 Å². The minimum atomic E-state index is 0.351. The standard InChI is InChI=1S/C15H25N3/c1-18(2)15(9-5-6-10-15)12-17-11-13-7-3-4-8-14(13)16/h3-4,7-8,17H,5-6,9-12,16H2,1-2H3. The summed E-state index contributed by atoms with van der Waals surface area (Å²) in [7, 11) is 4.40. The van der Waals surface area contributed by atoms with Crippen LogP contribution in [0.1, 0.15) is 31.2 Å². The summed E-state index contributed by atoms with van der Waals surface area (Å²) < 4.78 is 0. The van der Waals surface area contributed by atoms with Crippen LogP contribution in [0.5, 0.6) is 0 Å². The Labute approximate surface area is 110 Å². The van der Waals surface area contributed by atoms with Gasteiger partial charge in [-0.15, -0.1) is 0 Å². The maximum atomic E-state index is 5.96. The van der Waals surface area contributed by atoms with E-state index in [1.807, 2.05) is 18.2 Å². The van der Waals surface area contributed by atoms with E-state index in [9.17, 15) is 0 Å². The summed E-state index contributed by atoms with van der Waals surface area (Å²) >= 11 is 0. The van der Waals surface area contributed by atoms with Gasteiger partial charge in [-0.05, 0) is 38.6 Å². The van der Waals surface area contributed by atoms with Gasteiger partial charge in [-0.25, -0.2) is 0 Å². The predicted molar refractivity (Wildman–Crippen MR) is 77.4 cm³/mol.